The van der Waals surface area contributed by atoms with Crippen LogP contribution in [0.4, 0.5) is 4.39 Å². The molecule has 0 bridgehead atoms. The summed E-state index contributed by atoms with van der Waals surface area (Å²) in [5.74, 6) is 1.68. The molecule has 0 aliphatic carbocycles. The number of ether oxygens (including phenoxy) is 1. The van der Waals surface area contributed by atoms with E-state index in [2.05, 4.69) is 32.1 Å². The van der Waals surface area contributed by atoms with Crippen molar-refractivity contribution in [1.82, 2.24) is 29.9 Å². The summed E-state index contributed by atoms with van der Waals surface area (Å²) >= 11 is 0. The lowest BCUT2D eigenvalue weighted by Crippen LogP contribution is -2.52. The first kappa shape index (κ1) is 20.1. The molecular weight excluding hydrogens is 361 g/mol. The minimum atomic E-state index is -0.316. The maximum absolute atomic E-state index is 13.9. The number of aliphatic imine (C=N–C) groups is 1. The number of hydrogen-bond donors (Lipinski definition) is 1. The Bertz CT molecular complexity index is 799. The van der Waals surface area contributed by atoms with Crippen molar-refractivity contribution in [2.75, 3.05) is 39.8 Å². The number of piperazine rings is 1. The topological polar surface area (TPSA) is 70.8 Å². The maximum atomic E-state index is 13.9. The number of nitrogens with zero attached hydrogens (tertiary/aromatic N) is 6. The van der Waals surface area contributed by atoms with Crippen molar-refractivity contribution in [3.8, 4) is 5.75 Å². The van der Waals surface area contributed by atoms with Crippen molar-refractivity contribution >= 4 is 5.96 Å². The highest BCUT2D eigenvalue weighted by Gasteiger charge is 2.20. The van der Waals surface area contributed by atoms with Crippen LogP contribution < -0.4 is 10.1 Å². The third kappa shape index (κ3) is 4.98. The zero-order valence-corrected chi connectivity index (χ0v) is 16.7. The van der Waals surface area contributed by atoms with E-state index in [1.165, 1.54) is 7.11 Å². The molecule has 1 fully saturated rings. The zero-order valence-electron chi connectivity index (χ0n) is 16.7. The number of nitrogens with one attached hydrogen (secondary N) is 1. The molecule has 0 radical (unpaired) electrons. The number of halogens is 1. The Hall–Kier alpha value is -2.68. The Balaban J connectivity index is 1.56. The lowest BCUT2D eigenvalue weighted by atomic mass is 10.2. The summed E-state index contributed by atoms with van der Waals surface area (Å²) < 4.78 is 20.6. The van der Waals surface area contributed by atoms with Crippen LogP contribution in [0.2, 0.25) is 0 Å². The van der Waals surface area contributed by atoms with Gasteiger partial charge in [0.25, 0.3) is 0 Å². The molecule has 0 saturated carbocycles. The highest BCUT2D eigenvalue weighted by Crippen LogP contribution is 2.19. The van der Waals surface area contributed by atoms with Crippen molar-refractivity contribution in [1.29, 1.82) is 0 Å². The van der Waals surface area contributed by atoms with Gasteiger partial charge < -0.3 is 15.0 Å². The van der Waals surface area contributed by atoms with Crippen LogP contribution in [0.1, 0.15) is 18.3 Å². The van der Waals surface area contributed by atoms with Gasteiger partial charge in [0.05, 0.1) is 7.11 Å². The van der Waals surface area contributed by atoms with Gasteiger partial charge in [-0.05, 0) is 24.6 Å². The van der Waals surface area contributed by atoms with Gasteiger partial charge in [-0.15, -0.1) is 0 Å². The van der Waals surface area contributed by atoms with E-state index in [-0.39, 0.29) is 11.6 Å². The van der Waals surface area contributed by atoms with Crippen molar-refractivity contribution in [2.24, 2.45) is 12.0 Å². The number of hydrogen-bond acceptors (Lipinski definition) is 5. The van der Waals surface area contributed by atoms with Crippen LogP contribution in [0.15, 0.2) is 29.5 Å². The molecule has 1 N–H and O–H groups in total. The van der Waals surface area contributed by atoms with Gasteiger partial charge in [-0.1, -0.05) is 6.07 Å². The largest absolute Gasteiger partial charge is 0.494 e. The summed E-state index contributed by atoms with van der Waals surface area (Å²) in [7, 11) is 3.34. The van der Waals surface area contributed by atoms with Crippen LogP contribution in [0.25, 0.3) is 0 Å². The van der Waals surface area contributed by atoms with Gasteiger partial charge in [0.1, 0.15) is 18.7 Å². The number of guanidine groups is 1. The number of aryl methyl sites for hydroxylation is 1. The first-order valence-electron chi connectivity index (χ1n) is 9.51. The Morgan fingerprint density at radius 3 is 2.68 bits per heavy atom. The number of methoxy groups -OCH3 is 1. The predicted octanol–water partition coefficient (Wildman–Crippen LogP) is 1.25. The number of rotatable bonds is 6. The fraction of sp³-hybridized carbons (Fsp3) is 0.526. The van der Waals surface area contributed by atoms with E-state index in [0.717, 1.165) is 56.6 Å². The normalized spacial score (nSPS) is 15.7. The fourth-order valence-electron chi connectivity index (χ4n) is 3.22. The molecular formula is C19H28FN7O. The van der Waals surface area contributed by atoms with Gasteiger partial charge in [-0.2, -0.15) is 5.10 Å². The lowest BCUT2D eigenvalue weighted by molar-refractivity contribution is 0.172. The summed E-state index contributed by atoms with van der Waals surface area (Å²) in [5, 5.41) is 7.44. The second-order valence-electron chi connectivity index (χ2n) is 6.70. The third-order valence-electron chi connectivity index (χ3n) is 4.80. The van der Waals surface area contributed by atoms with E-state index in [1.54, 1.807) is 23.1 Å². The van der Waals surface area contributed by atoms with Crippen LogP contribution in [-0.4, -0.2) is 70.4 Å². The number of benzene rings is 1. The Morgan fingerprint density at radius 1 is 1.29 bits per heavy atom. The molecule has 2 aromatic rings. The Morgan fingerprint density at radius 2 is 2.07 bits per heavy atom. The molecule has 8 nitrogen and oxygen atoms in total. The Labute approximate surface area is 165 Å². The summed E-state index contributed by atoms with van der Waals surface area (Å²) in [5.41, 5.74) is 0.953. The smallest absolute Gasteiger partial charge is 0.194 e. The maximum Gasteiger partial charge on any atom is 0.194 e. The molecule has 152 valence electrons. The highest BCUT2D eigenvalue weighted by atomic mass is 19.1. The molecule has 1 aromatic carbocycles. The summed E-state index contributed by atoms with van der Waals surface area (Å²) in [6.45, 7) is 7.59. The van der Waals surface area contributed by atoms with Crippen molar-refractivity contribution in [3.63, 3.8) is 0 Å². The van der Waals surface area contributed by atoms with Crippen molar-refractivity contribution in [2.45, 2.75) is 20.0 Å². The van der Waals surface area contributed by atoms with Gasteiger partial charge in [-0.3, -0.25) is 9.58 Å². The van der Waals surface area contributed by atoms with E-state index in [0.29, 0.717) is 6.54 Å². The van der Waals surface area contributed by atoms with E-state index in [1.807, 2.05) is 13.1 Å². The molecule has 1 aromatic heterocycles. The highest BCUT2D eigenvalue weighted by molar-refractivity contribution is 5.80. The molecule has 1 saturated heterocycles. The summed E-state index contributed by atoms with van der Waals surface area (Å²) in [6, 6.07) is 5.15. The number of aromatic nitrogens is 3. The third-order valence-corrected chi connectivity index (χ3v) is 4.80. The monoisotopic (exact) mass is 389 g/mol. The minimum Gasteiger partial charge on any atom is -0.494 e. The quantitative estimate of drug-likeness (QED) is 0.592. The van der Waals surface area contributed by atoms with Gasteiger partial charge in [0.2, 0.25) is 0 Å². The van der Waals surface area contributed by atoms with E-state index in [4.69, 9.17) is 9.73 Å². The summed E-state index contributed by atoms with van der Waals surface area (Å²) in [4.78, 5) is 13.5. The van der Waals surface area contributed by atoms with Crippen LogP contribution in [0.5, 0.6) is 5.75 Å². The van der Waals surface area contributed by atoms with Gasteiger partial charge >= 0.3 is 0 Å². The Kier molecular flexibility index (Phi) is 6.80. The van der Waals surface area contributed by atoms with Gasteiger partial charge in [-0.25, -0.2) is 14.4 Å². The first-order chi connectivity index (χ1) is 13.6. The first-order valence-corrected chi connectivity index (χ1v) is 9.51. The van der Waals surface area contributed by atoms with Crippen LogP contribution in [0.3, 0.4) is 0 Å². The molecule has 0 atom stereocenters. The lowest BCUT2D eigenvalue weighted by Gasteiger charge is -2.36. The molecule has 2 heterocycles. The van der Waals surface area contributed by atoms with Gasteiger partial charge in [0.15, 0.2) is 17.5 Å². The van der Waals surface area contributed by atoms with Crippen molar-refractivity contribution in [3.05, 3.63) is 41.7 Å². The fourth-order valence-corrected chi connectivity index (χ4v) is 3.22. The molecule has 9 heteroatoms. The minimum absolute atomic E-state index is 0.281. The second-order valence-corrected chi connectivity index (χ2v) is 6.70. The predicted molar refractivity (Wildman–Crippen MR) is 106 cm³/mol. The molecule has 0 unspecified atom stereocenters. The summed E-state index contributed by atoms with van der Waals surface area (Å²) in [6.07, 6.45) is 1.54. The average molecular weight is 389 g/mol. The van der Waals surface area contributed by atoms with E-state index < -0.39 is 0 Å². The van der Waals surface area contributed by atoms with Gasteiger partial charge in [0, 0.05) is 46.3 Å². The van der Waals surface area contributed by atoms with E-state index >= 15 is 0 Å². The molecule has 3 rings (SSSR count). The molecule has 0 spiro atoms. The molecule has 0 amide bonds. The second kappa shape index (κ2) is 9.50. The van der Waals surface area contributed by atoms with Crippen molar-refractivity contribution < 1.29 is 9.13 Å². The van der Waals surface area contributed by atoms with E-state index in [9.17, 15) is 4.39 Å². The standard InChI is InChI=1S/C19H28FN7O/c1-4-21-19(22-12-18-23-14-24-25(18)2)27-9-7-26(8-10-27)13-15-5-6-17(28-3)16(20)11-15/h5-6,11,14H,4,7-10,12-13H2,1-3H3,(H,21,22). The van der Waals surface area contributed by atoms with Crippen LogP contribution >= 0.6 is 0 Å². The van der Waals surface area contributed by atoms with Crippen LogP contribution in [-0.2, 0) is 20.1 Å². The molecule has 1 aliphatic heterocycles. The molecule has 1 aliphatic rings. The zero-order chi connectivity index (χ0) is 19.9. The molecule has 28 heavy (non-hydrogen) atoms. The SMILES string of the molecule is CCNC(=NCc1ncnn1C)N1CCN(Cc2ccc(OC)c(F)c2)CC1. The average Bonchev–Trinajstić information content (AvgIpc) is 3.11. The van der Waals surface area contributed by atoms with Crippen LogP contribution in [0, 0.1) is 5.82 Å².